The van der Waals surface area contributed by atoms with Crippen LogP contribution in [0.5, 0.6) is 5.75 Å². The molecule has 0 unspecified atom stereocenters. The van der Waals surface area contributed by atoms with Crippen LogP contribution in [0.15, 0.2) is 42.5 Å². The summed E-state index contributed by atoms with van der Waals surface area (Å²) >= 11 is 0. The fourth-order valence-electron chi connectivity index (χ4n) is 2.99. The number of carbonyl (C=O) groups excluding carboxylic acids is 1. The summed E-state index contributed by atoms with van der Waals surface area (Å²) in [4.78, 5) is 13.9. The lowest BCUT2D eigenvalue weighted by Crippen LogP contribution is -2.34. The molecule has 0 saturated carbocycles. The van der Waals surface area contributed by atoms with Gasteiger partial charge in [-0.05, 0) is 36.1 Å². The smallest absolute Gasteiger partial charge is 0.223 e. The van der Waals surface area contributed by atoms with Crippen LogP contribution in [-0.4, -0.2) is 19.6 Å². The minimum absolute atomic E-state index is 0.103. The van der Waals surface area contributed by atoms with E-state index in [-0.39, 0.29) is 5.91 Å². The van der Waals surface area contributed by atoms with E-state index in [1.54, 1.807) is 14.0 Å². The molecule has 1 aliphatic rings. The quantitative estimate of drug-likeness (QED) is 0.840. The maximum absolute atomic E-state index is 12.0. The van der Waals surface area contributed by atoms with Crippen LogP contribution in [0.3, 0.4) is 0 Å². The van der Waals surface area contributed by atoms with Crippen molar-refractivity contribution in [3.05, 3.63) is 48.0 Å². The number of benzene rings is 2. The van der Waals surface area contributed by atoms with Crippen molar-refractivity contribution in [1.29, 1.82) is 0 Å². The van der Waals surface area contributed by atoms with Crippen LogP contribution >= 0.6 is 0 Å². The Morgan fingerprint density at radius 3 is 2.76 bits per heavy atom. The van der Waals surface area contributed by atoms with Crippen LogP contribution in [0.1, 0.15) is 18.9 Å². The van der Waals surface area contributed by atoms with Crippen LogP contribution in [0.4, 0.5) is 5.69 Å². The van der Waals surface area contributed by atoms with Crippen LogP contribution in [0.25, 0.3) is 11.1 Å². The van der Waals surface area contributed by atoms with Gasteiger partial charge in [0.15, 0.2) is 0 Å². The fourth-order valence-corrected chi connectivity index (χ4v) is 2.99. The summed E-state index contributed by atoms with van der Waals surface area (Å²) in [6.07, 6.45) is 2.05. The Hall–Kier alpha value is -2.29. The molecular formula is C18H19NO2. The number of nitrogens with zero attached hydrogens (tertiary/aromatic N) is 1. The molecule has 0 atom stereocenters. The van der Waals surface area contributed by atoms with Crippen molar-refractivity contribution < 1.29 is 9.53 Å². The lowest BCUT2D eigenvalue weighted by Gasteiger charge is -2.31. The average Bonchev–Trinajstić information content (AvgIpc) is 2.53. The predicted octanol–water partition coefficient (Wildman–Crippen LogP) is 3.66. The molecule has 0 spiro atoms. The number of amides is 1. The Balaban J connectivity index is 2.17. The Morgan fingerprint density at radius 2 is 2.00 bits per heavy atom. The normalized spacial score (nSPS) is 13.7. The van der Waals surface area contributed by atoms with Crippen LogP contribution in [-0.2, 0) is 11.2 Å². The number of para-hydroxylation sites is 1. The standard InChI is InChI=1S/C18H19NO2/c1-13(20)19-11-5-8-14-6-4-10-17(18(14)19)15-7-3-9-16(12-15)21-2/h3-4,6-7,9-10,12H,5,8,11H2,1-2H3. The summed E-state index contributed by atoms with van der Waals surface area (Å²) in [6, 6.07) is 14.3. The number of hydrogen-bond donors (Lipinski definition) is 0. The summed E-state index contributed by atoms with van der Waals surface area (Å²) in [5.74, 6) is 0.932. The molecule has 0 saturated heterocycles. The predicted molar refractivity (Wildman–Crippen MR) is 84.8 cm³/mol. The zero-order valence-electron chi connectivity index (χ0n) is 12.4. The van der Waals surface area contributed by atoms with Gasteiger partial charge >= 0.3 is 0 Å². The monoisotopic (exact) mass is 281 g/mol. The molecule has 0 N–H and O–H groups in total. The average molecular weight is 281 g/mol. The molecule has 3 nitrogen and oxygen atoms in total. The molecule has 1 heterocycles. The highest BCUT2D eigenvalue weighted by atomic mass is 16.5. The molecule has 0 aliphatic carbocycles. The molecule has 108 valence electrons. The van der Waals surface area contributed by atoms with Gasteiger partial charge in [-0.15, -0.1) is 0 Å². The maximum atomic E-state index is 12.0. The number of carbonyl (C=O) groups is 1. The molecule has 21 heavy (non-hydrogen) atoms. The first-order valence-corrected chi connectivity index (χ1v) is 7.25. The first kappa shape index (κ1) is 13.7. The summed E-state index contributed by atoms with van der Waals surface area (Å²) in [5.41, 5.74) is 4.49. The van der Waals surface area contributed by atoms with E-state index in [1.165, 1.54) is 5.56 Å². The summed E-state index contributed by atoms with van der Waals surface area (Å²) in [7, 11) is 1.67. The van der Waals surface area contributed by atoms with E-state index in [0.717, 1.165) is 42.0 Å². The van der Waals surface area contributed by atoms with E-state index < -0.39 is 0 Å². The largest absolute Gasteiger partial charge is 0.497 e. The number of aryl methyl sites for hydroxylation is 1. The molecule has 2 aromatic rings. The second kappa shape index (κ2) is 5.60. The van der Waals surface area contributed by atoms with E-state index in [0.29, 0.717) is 0 Å². The van der Waals surface area contributed by atoms with Crippen LogP contribution < -0.4 is 9.64 Å². The van der Waals surface area contributed by atoms with E-state index >= 15 is 0 Å². The fraction of sp³-hybridized carbons (Fsp3) is 0.278. The van der Waals surface area contributed by atoms with Gasteiger partial charge in [0, 0.05) is 19.0 Å². The lowest BCUT2D eigenvalue weighted by atomic mass is 9.94. The van der Waals surface area contributed by atoms with E-state index in [9.17, 15) is 4.79 Å². The molecule has 0 aromatic heterocycles. The Morgan fingerprint density at radius 1 is 1.19 bits per heavy atom. The number of rotatable bonds is 2. The van der Waals surface area contributed by atoms with Crippen LogP contribution in [0, 0.1) is 0 Å². The second-order valence-electron chi connectivity index (χ2n) is 5.32. The highest BCUT2D eigenvalue weighted by Gasteiger charge is 2.23. The SMILES string of the molecule is COc1cccc(-c2cccc3c2N(C(C)=O)CCC3)c1. The van der Waals surface area contributed by atoms with Crippen molar-refractivity contribution in [2.24, 2.45) is 0 Å². The number of anilines is 1. The number of methoxy groups -OCH3 is 1. The number of hydrogen-bond acceptors (Lipinski definition) is 2. The van der Waals surface area contributed by atoms with Crippen molar-refractivity contribution in [2.45, 2.75) is 19.8 Å². The molecule has 0 radical (unpaired) electrons. The van der Waals surface area contributed by atoms with Gasteiger partial charge in [-0.1, -0.05) is 30.3 Å². The zero-order chi connectivity index (χ0) is 14.8. The van der Waals surface area contributed by atoms with Gasteiger partial charge < -0.3 is 9.64 Å². The second-order valence-corrected chi connectivity index (χ2v) is 5.32. The van der Waals surface area contributed by atoms with Crippen molar-refractivity contribution in [3.8, 4) is 16.9 Å². The molecule has 1 aliphatic heterocycles. The molecule has 0 bridgehead atoms. The zero-order valence-corrected chi connectivity index (χ0v) is 12.4. The van der Waals surface area contributed by atoms with E-state index in [2.05, 4.69) is 24.3 Å². The van der Waals surface area contributed by atoms with Crippen molar-refractivity contribution in [2.75, 3.05) is 18.6 Å². The Bertz CT molecular complexity index is 679. The third-order valence-corrected chi connectivity index (χ3v) is 3.98. The Kier molecular flexibility index (Phi) is 3.65. The van der Waals surface area contributed by atoms with E-state index in [1.807, 2.05) is 23.1 Å². The van der Waals surface area contributed by atoms with Gasteiger partial charge in [0.2, 0.25) is 5.91 Å². The molecule has 3 heteroatoms. The van der Waals surface area contributed by atoms with Gasteiger partial charge in [0.1, 0.15) is 5.75 Å². The molecule has 2 aromatic carbocycles. The number of fused-ring (bicyclic) bond motifs is 1. The van der Waals surface area contributed by atoms with Crippen LogP contribution in [0.2, 0.25) is 0 Å². The van der Waals surface area contributed by atoms with Gasteiger partial charge in [-0.3, -0.25) is 4.79 Å². The lowest BCUT2D eigenvalue weighted by molar-refractivity contribution is -0.116. The molecule has 0 fully saturated rings. The highest BCUT2D eigenvalue weighted by molar-refractivity contribution is 5.98. The Labute approximate surface area is 125 Å². The topological polar surface area (TPSA) is 29.5 Å². The van der Waals surface area contributed by atoms with Gasteiger partial charge in [-0.2, -0.15) is 0 Å². The molecule has 3 rings (SSSR count). The van der Waals surface area contributed by atoms with Gasteiger partial charge in [-0.25, -0.2) is 0 Å². The third-order valence-electron chi connectivity index (χ3n) is 3.98. The summed E-state index contributed by atoms with van der Waals surface area (Å²) in [5, 5.41) is 0. The maximum Gasteiger partial charge on any atom is 0.223 e. The van der Waals surface area contributed by atoms with Crippen molar-refractivity contribution in [1.82, 2.24) is 0 Å². The number of ether oxygens (including phenoxy) is 1. The van der Waals surface area contributed by atoms with Gasteiger partial charge in [0.05, 0.1) is 12.8 Å². The summed E-state index contributed by atoms with van der Waals surface area (Å²) in [6.45, 7) is 2.43. The summed E-state index contributed by atoms with van der Waals surface area (Å²) < 4.78 is 5.31. The first-order valence-electron chi connectivity index (χ1n) is 7.25. The third kappa shape index (κ3) is 2.51. The van der Waals surface area contributed by atoms with Crippen molar-refractivity contribution >= 4 is 11.6 Å². The van der Waals surface area contributed by atoms with Gasteiger partial charge in [0.25, 0.3) is 0 Å². The first-order chi connectivity index (χ1) is 10.2. The van der Waals surface area contributed by atoms with E-state index in [4.69, 9.17) is 4.74 Å². The minimum Gasteiger partial charge on any atom is -0.497 e. The molecule has 1 amide bonds. The highest BCUT2D eigenvalue weighted by Crippen LogP contribution is 2.38. The van der Waals surface area contributed by atoms with Crippen molar-refractivity contribution in [3.63, 3.8) is 0 Å². The molecular weight excluding hydrogens is 262 g/mol. The minimum atomic E-state index is 0.103.